The zero-order valence-corrected chi connectivity index (χ0v) is 21.2. The van der Waals surface area contributed by atoms with Crippen molar-refractivity contribution in [1.82, 2.24) is 25.9 Å². The molecule has 36 heavy (non-hydrogen) atoms. The van der Waals surface area contributed by atoms with Crippen LogP contribution in [0.2, 0.25) is 0 Å². The fraction of sp³-hybridized carbons (Fsp3) is 0.370. The number of unbranched alkanes of at least 4 members (excludes halogenated alkanes) is 2. The first-order valence-electron chi connectivity index (χ1n) is 12.1. The lowest BCUT2D eigenvalue weighted by Crippen LogP contribution is -2.47. The van der Waals surface area contributed by atoms with Crippen molar-refractivity contribution in [3.8, 4) is 0 Å². The van der Waals surface area contributed by atoms with Gasteiger partial charge in [0.1, 0.15) is 0 Å². The summed E-state index contributed by atoms with van der Waals surface area (Å²) in [6.07, 6.45) is 2.68. The molecule has 0 aliphatic heterocycles. The number of rotatable bonds is 8. The van der Waals surface area contributed by atoms with E-state index in [1.165, 1.54) is 4.68 Å². The summed E-state index contributed by atoms with van der Waals surface area (Å²) in [4.78, 5) is 50.2. The fourth-order valence-electron chi connectivity index (χ4n) is 3.68. The Balaban J connectivity index is 1.62. The third-order valence-electron chi connectivity index (χ3n) is 5.79. The average Bonchev–Trinajstić information content (AvgIpc) is 2.87. The fourth-order valence-corrected chi connectivity index (χ4v) is 3.68. The standard InChI is InChI=1S/C27H33N5O4/c1-5-6-9-16-32-26(36)21-11-8-7-10-20(21)23(31-32)25(35)30-29-22(33)17-28-24(34)18-12-14-19(15-13-18)27(2,3)4/h7-8,10-15H,5-6,9,16-17H2,1-4H3,(H,28,34)(H,29,33)(H,30,35). The molecule has 0 aliphatic rings. The van der Waals surface area contributed by atoms with Gasteiger partial charge >= 0.3 is 0 Å². The molecule has 1 aromatic heterocycles. The highest BCUT2D eigenvalue weighted by Gasteiger charge is 2.18. The zero-order chi connectivity index (χ0) is 26.3. The molecular weight excluding hydrogens is 458 g/mol. The molecule has 2 aromatic carbocycles. The average molecular weight is 492 g/mol. The molecule has 0 fully saturated rings. The van der Waals surface area contributed by atoms with Gasteiger partial charge in [-0.2, -0.15) is 5.10 Å². The van der Waals surface area contributed by atoms with Gasteiger partial charge in [-0.1, -0.05) is 70.9 Å². The van der Waals surface area contributed by atoms with E-state index in [4.69, 9.17) is 0 Å². The summed E-state index contributed by atoms with van der Waals surface area (Å²) < 4.78 is 1.29. The van der Waals surface area contributed by atoms with Crippen molar-refractivity contribution in [2.45, 2.75) is 58.9 Å². The van der Waals surface area contributed by atoms with E-state index >= 15 is 0 Å². The van der Waals surface area contributed by atoms with E-state index in [0.29, 0.717) is 22.9 Å². The number of nitrogens with zero attached hydrogens (tertiary/aromatic N) is 2. The molecule has 0 radical (unpaired) electrons. The maximum atomic E-state index is 12.8. The highest BCUT2D eigenvalue weighted by molar-refractivity contribution is 6.05. The van der Waals surface area contributed by atoms with E-state index in [1.807, 2.05) is 12.1 Å². The van der Waals surface area contributed by atoms with Crippen molar-refractivity contribution in [2.75, 3.05) is 6.54 Å². The van der Waals surface area contributed by atoms with Crippen LogP contribution < -0.4 is 21.7 Å². The van der Waals surface area contributed by atoms with E-state index in [-0.39, 0.29) is 23.2 Å². The Morgan fingerprint density at radius 2 is 1.56 bits per heavy atom. The van der Waals surface area contributed by atoms with Crippen molar-refractivity contribution in [3.05, 3.63) is 75.7 Å². The monoisotopic (exact) mass is 491 g/mol. The minimum absolute atomic E-state index is 0.0317. The van der Waals surface area contributed by atoms with Crippen LogP contribution in [0.4, 0.5) is 0 Å². The summed E-state index contributed by atoms with van der Waals surface area (Å²) >= 11 is 0. The number of amides is 3. The Morgan fingerprint density at radius 3 is 2.19 bits per heavy atom. The van der Waals surface area contributed by atoms with Crippen LogP contribution in [0.5, 0.6) is 0 Å². The number of hydrazine groups is 1. The lowest BCUT2D eigenvalue weighted by Gasteiger charge is -2.19. The molecule has 1 heterocycles. The lowest BCUT2D eigenvalue weighted by atomic mass is 9.87. The molecule has 3 N–H and O–H groups in total. The maximum absolute atomic E-state index is 12.8. The molecule has 3 amide bonds. The molecule has 0 aliphatic carbocycles. The molecular formula is C27H33N5O4. The highest BCUT2D eigenvalue weighted by Crippen LogP contribution is 2.22. The summed E-state index contributed by atoms with van der Waals surface area (Å²) in [7, 11) is 0. The van der Waals surface area contributed by atoms with E-state index in [0.717, 1.165) is 24.8 Å². The Hall–Kier alpha value is -4.01. The van der Waals surface area contributed by atoms with Crippen molar-refractivity contribution in [2.24, 2.45) is 0 Å². The highest BCUT2D eigenvalue weighted by atomic mass is 16.2. The van der Waals surface area contributed by atoms with Crippen molar-refractivity contribution in [1.29, 1.82) is 0 Å². The number of hydrogen-bond acceptors (Lipinski definition) is 5. The molecule has 0 unspecified atom stereocenters. The van der Waals surface area contributed by atoms with Crippen molar-refractivity contribution < 1.29 is 14.4 Å². The number of carbonyl (C=O) groups is 3. The van der Waals surface area contributed by atoms with E-state index < -0.39 is 17.7 Å². The van der Waals surface area contributed by atoms with Gasteiger partial charge in [0, 0.05) is 17.5 Å². The number of benzene rings is 2. The van der Waals surface area contributed by atoms with Crippen LogP contribution in [-0.2, 0) is 16.8 Å². The molecule has 190 valence electrons. The molecule has 9 nitrogen and oxygen atoms in total. The van der Waals surface area contributed by atoms with Gasteiger partial charge in [-0.25, -0.2) is 4.68 Å². The van der Waals surface area contributed by atoms with Gasteiger partial charge in [0.15, 0.2) is 5.69 Å². The molecule has 9 heteroatoms. The number of nitrogens with one attached hydrogen (secondary N) is 3. The molecule has 0 bridgehead atoms. The first-order chi connectivity index (χ1) is 17.1. The van der Waals surface area contributed by atoms with Gasteiger partial charge in [-0.05, 0) is 35.6 Å². The number of aryl methyl sites for hydroxylation is 1. The number of aromatic nitrogens is 2. The van der Waals surface area contributed by atoms with Gasteiger partial charge in [0.25, 0.3) is 23.3 Å². The second kappa shape index (κ2) is 11.6. The lowest BCUT2D eigenvalue weighted by molar-refractivity contribution is -0.120. The van der Waals surface area contributed by atoms with Gasteiger partial charge in [0.2, 0.25) is 0 Å². The third kappa shape index (κ3) is 6.56. The third-order valence-corrected chi connectivity index (χ3v) is 5.79. The van der Waals surface area contributed by atoms with Crippen LogP contribution in [0.25, 0.3) is 10.8 Å². The van der Waals surface area contributed by atoms with Crippen LogP contribution >= 0.6 is 0 Å². The van der Waals surface area contributed by atoms with Crippen LogP contribution in [0.1, 0.15) is 73.4 Å². The Kier molecular flexibility index (Phi) is 8.58. The molecule has 0 saturated carbocycles. The molecule has 0 spiro atoms. The normalized spacial score (nSPS) is 11.2. The van der Waals surface area contributed by atoms with Crippen molar-refractivity contribution >= 4 is 28.5 Å². The smallest absolute Gasteiger partial charge is 0.290 e. The molecule has 3 rings (SSSR count). The molecule has 0 atom stereocenters. The number of hydrogen-bond donors (Lipinski definition) is 3. The van der Waals surface area contributed by atoms with Gasteiger partial charge in [-0.3, -0.25) is 30.0 Å². The van der Waals surface area contributed by atoms with E-state index in [9.17, 15) is 19.2 Å². The summed E-state index contributed by atoms with van der Waals surface area (Å²) in [5.41, 5.74) is 5.88. The minimum Gasteiger partial charge on any atom is -0.343 e. The summed E-state index contributed by atoms with van der Waals surface area (Å²) in [6, 6.07) is 13.9. The first kappa shape index (κ1) is 26.6. The Morgan fingerprint density at radius 1 is 0.889 bits per heavy atom. The molecule has 0 saturated heterocycles. The quantitative estimate of drug-likeness (QED) is 0.330. The van der Waals surface area contributed by atoms with Gasteiger partial charge < -0.3 is 5.32 Å². The predicted molar refractivity (Wildman–Crippen MR) is 139 cm³/mol. The Bertz CT molecular complexity index is 1310. The second-order valence-electron chi connectivity index (χ2n) is 9.64. The van der Waals surface area contributed by atoms with Gasteiger partial charge in [0.05, 0.1) is 11.9 Å². The zero-order valence-electron chi connectivity index (χ0n) is 21.2. The van der Waals surface area contributed by atoms with Crippen LogP contribution in [0.15, 0.2) is 53.3 Å². The Labute approximate surface area is 210 Å². The van der Waals surface area contributed by atoms with Crippen LogP contribution in [-0.4, -0.2) is 34.0 Å². The summed E-state index contributed by atoms with van der Waals surface area (Å²) in [6.45, 7) is 8.38. The summed E-state index contributed by atoms with van der Waals surface area (Å²) in [5.74, 6) is -1.67. The van der Waals surface area contributed by atoms with Crippen molar-refractivity contribution in [3.63, 3.8) is 0 Å². The number of carbonyl (C=O) groups excluding carboxylic acids is 3. The van der Waals surface area contributed by atoms with E-state index in [2.05, 4.69) is 49.0 Å². The first-order valence-corrected chi connectivity index (χ1v) is 12.1. The predicted octanol–water partition coefficient (Wildman–Crippen LogP) is 3.08. The van der Waals surface area contributed by atoms with Crippen LogP contribution in [0.3, 0.4) is 0 Å². The van der Waals surface area contributed by atoms with E-state index in [1.54, 1.807) is 36.4 Å². The largest absolute Gasteiger partial charge is 0.343 e. The molecule has 3 aromatic rings. The van der Waals surface area contributed by atoms with Crippen LogP contribution in [0, 0.1) is 0 Å². The minimum atomic E-state index is -0.659. The SMILES string of the molecule is CCCCCn1nc(C(=O)NNC(=O)CNC(=O)c2ccc(C(C)(C)C)cc2)c2ccccc2c1=O. The van der Waals surface area contributed by atoms with Gasteiger partial charge in [-0.15, -0.1) is 0 Å². The second-order valence-corrected chi connectivity index (χ2v) is 9.64. The number of fused-ring (bicyclic) bond motifs is 1. The topological polar surface area (TPSA) is 122 Å². The maximum Gasteiger partial charge on any atom is 0.290 e. The summed E-state index contributed by atoms with van der Waals surface area (Å²) in [5, 5.41) is 7.57.